The summed E-state index contributed by atoms with van der Waals surface area (Å²) in [5.41, 5.74) is 2.12. The first kappa shape index (κ1) is 15.5. The van der Waals surface area contributed by atoms with Gasteiger partial charge in [-0.3, -0.25) is 4.68 Å². The highest BCUT2D eigenvalue weighted by atomic mass is 35.5. The molecular formula is C14H26ClN3. The van der Waals surface area contributed by atoms with Gasteiger partial charge in [-0.25, -0.2) is 0 Å². The summed E-state index contributed by atoms with van der Waals surface area (Å²) in [5, 5.41) is 8.79. The van der Waals surface area contributed by atoms with Crippen molar-refractivity contribution in [3.63, 3.8) is 0 Å². The van der Waals surface area contributed by atoms with Crippen molar-refractivity contribution in [2.75, 3.05) is 13.1 Å². The number of hydrogen-bond acceptors (Lipinski definition) is 2. The van der Waals surface area contributed by atoms with E-state index in [2.05, 4.69) is 38.1 Å². The molecule has 1 aromatic rings. The lowest BCUT2D eigenvalue weighted by molar-refractivity contribution is 0.460. The first-order valence-electron chi connectivity index (χ1n) is 6.88. The maximum absolute atomic E-state index is 6.32. The largest absolute Gasteiger partial charge is 0.316 e. The van der Waals surface area contributed by atoms with Gasteiger partial charge < -0.3 is 5.32 Å². The molecule has 0 saturated carbocycles. The van der Waals surface area contributed by atoms with Crippen LogP contribution in [-0.2, 0) is 13.0 Å². The number of halogens is 1. The molecule has 0 fully saturated rings. The molecule has 0 bridgehead atoms. The first-order chi connectivity index (χ1) is 8.45. The molecule has 0 amide bonds. The van der Waals surface area contributed by atoms with Gasteiger partial charge in [-0.15, -0.1) is 0 Å². The minimum absolute atomic E-state index is 0.572. The highest BCUT2D eigenvalue weighted by molar-refractivity contribution is 6.31. The highest BCUT2D eigenvalue weighted by Gasteiger charge is 2.15. The summed E-state index contributed by atoms with van der Waals surface area (Å²) in [4.78, 5) is 0. The Balaban J connectivity index is 2.55. The molecule has 1 heterocycles. The second kappa shape index (κ2) is 7.15. The predicted molar refractivity (Wildman–Crippen MR) is 78.2 cm³/mol. The van der Waals surface area contributed by atoms with Crippen LogP contribution in [0.15, 0.2) is 0 Å². The van der Waals surface area contributed by atoms with Crippen LogP contribution < -0.4 is 5.32 Å². The van der Waals surface area contributed by atoms with Gasteiger partial charge in [0, 0.05) is 6.54 Å². The maximum Gasteiger partial charge on any atom is 0.0847 e. The van der Waals surface area contributed by atoms with E-state index in [-0.39, 0.29) is 0 Å². The lowest BCUT2D eigenvalue weighted by atomic mass is 10.0. The third-order valence-corrected chi connectivity index (χ3v) is 3.53. The standard InChI is InChI=1S/C14H26ClN3/c1-6-18-13(14(15)12(5)17-18)7-11(4)9-16-8-10(2)3/h10-11,16H,6-9H2,1-5H3. The monoisotopic (exact) mass is 271 g/mol. The summed E-state index contributed by atoms with van der Waals surface area (Å²) in [5.74, 6) is 1.27. The summed E-state index contributed by atoms with van der Waals surface area (Å²) in [7, 11) is 0. The fourth-order valence-corrected chi connectivity index (χ4v) is 2.30. The molecule has 0 aliphatic rings. The molecule has 4 heteroatoms. The van der Waals surface area contributed by atoms with Gasteiger partial charge in [-0.1, -0.05) is 32.4 Å². The minimum Gasteiger partial charge on any atom is -0.316 e. The topological polar surface area (TPSA) is 29.9 Å². The Morgan fingerprint density at radius 1 is 1.28 bits per heavy atom. The second-order valence-corrected chi connectivity index (χ2v) is 5.90. The van der Waals surface area contributed by atoms with Gasteiger partial charge in [0.1, 0.15) is 0 Å². The van der Waals surface area contributed by atoms with E-state index in [0.29, 0.717) is 11.8 Å². The van der Waals surface area contributed by atoms with Crippen molar-refractivity contribution in [1.29, 1.82) is 0 Å². The predicted octanol–water partition coefficient (Wildman–Crippen LogP) is 3.29. The molecule has 1 atom stereocenters. The summed E-state index contributed by atoms with van der Waals surface area (Å²) in [6.07, 6.45) is 0.985. The molecular weight excluding hydrogens is 246 g/mol. The zero-order chi connectivity index (χ0) is 13.7. The van der Waals surface area contributed by atoms with Crippen molar-refractivity contribution >= 4 is 11.6 Å². The highest BCUT2D eigenvalue weighted by Crippen LogP contribution is 2.22. The molecule has 1 N–H and O–H groups in total. The van der Waals surface area contributed by atoms with Gasteiger partial charge in [-0.2, -0.15) is 5.10 Å². The Bertz CT molecular complexity index is 371. The summed E-state index contributed by atoms with van der Waals surface area (Å²) >= 11 is 6.32. The molecule has 0 saturated heterocycles. The van der Waals surface area contributed by atoms with E-state index in [1.54, 1.807) is 0 Å². The van der Waals surface area contributed by atoms with Crippen LogP contribution in [0.4, 0.5) is 0 Å². The van der Waals surface area contributed by atoms with Crippen LogP contribution in [0, 0.1) is 18.8 Å². The van der Waals surface area contributed by atoms with Crippen LogP contribution in [0.2, 0.25) is 5.02 Å². The summed E-state index contributed by atoms with van der Waals surface area (Å²) in [6.45, 7) is 13.8. The first-order valence-corrected chi connectivity index (χ1v) is 7.25. The van der Waals surface area contributed by atoms with Crippen molar-refractivity contribution in [3.8, 4) is 0 Å². The molecule has 0 spiro atoms. The van der Waals surface area contributed by atoms with Crippen molar-refractivity contribution in [2.45, 2.75) is 47.6 Å². The average molecular weight is 272 g/mol. The summed E-state index contributed by atoms with van der Waals surface area (Å²) < 4.78 is 2.02. The lowest BCUT2D eigenvalue weighted by Crippen LogP contribution is -2.26. The van der Waals surface area contributed by atoms with E-state index in [1.165, 1.54) is 5.69 Å². The zero-order valence-electron chi connectivity index (χ0n) is 12.3. The van der Waals surface area contributed by atoms with Crippen molar-refractivity contribution < 1.29 is 0 Å². The van der Waals surface area contributed by atoms with E-state index >= 15 is 0 Å². The fraction of sp³-hybridized carbons (Fsp3) is 0.786. The lowest BCUT2D eigenvalue weighted by Gasteiger charge is -2.15. The van der Waals surface area contributed by atoms with Crippen LogP contribution in [-0.4, -0.2) is 22.9 Å². The molecule has 1 rings (SSSR count). The number of aryl methyl sites for hydroxylation is 2. The normalized spacial score (nSPS) is 13.3. The average Bonchev–Trinajstić information content (AvgIpc) is 2.56. The Kier molecular flexibility index (Phi) is 6.16. The smallest absolute Gasteiger partial charge is 0.0847 e. The molecule has 3 nitrogen and oxygen atoms in total. The number of aromatic nitrogens is 2. The molecule has 0 radical (unpaired) electrons. The molecule has 1 unspecified atom stereocenters. The third-order valence-electron chi connectivity index (χ3n) is 3.04. The van der Waals surface area contributed by atoms with Crippen LogP contribution >= 0.6 is 11.6 Å². The van der Waals surface area contributed by atoms with Gasteiger partial charge in [0.25, 0.3) is 0 Å². The van der Waals surface area contributed by atoms with Crippen molar-refractivity contribution in [2.24, 2.45) is 11.8 Å². The number of nitrogens with one attached hydrogen (secondary N) is 1. The van der Waals surface area contributed by atoms with Crippen molar-refractivity contribution in [3.05, 3.63) is 16.4 Å². The third kappa shape index (κ3) is 4.29. The quantitative estimate of drug-likeness (QED) is 0.825. The molecule has 18 heavy (non-hydrogen) atoms. The SMILES string of the molecule is CCn1nc(C)c(Cl)c1CC(C)CNCC(C)C. The van der Waals surface area contributed by atoms with E-state index < -0.39 is 0 Å². The Labute approximate surface area is 116 Å². The van der Waals surface area contributed by atoms with E-state index in [4.69, 9.17) is 11.6 Å². The molecule has 0 aliphatic heterocycles. The number of hydrogen-bond donors (Lipinski definition) is 1. The second-order valence-electron chi connectivity index (χ2n) is 5.52. The number of nitrogens with zero attached hydrogens (tertiary/aromatic N) is 2. The van der Waals surface area contributed by atoms with E-state index in [9.17, 15) is 0 Å². The zero-order valence-corrected chi connectivity index (χ0v) is 13.0. The van der Waals surface area contributed by atoms with Gasteiger partial charge >= 0.3 is 0 Å². The fourth-order valence-electron chi connectivity index (χ4n) is 2.08. The molecule has 0 aromatic carbocycles. The molecule has 1 aromatic heterocycles. The van der Waals surface area contributed by atoms with Gasteiger partial charge in [0.05, 0.1) is 16.4 Å². The van der Waals surface area contributed by atoms with E-state index in [1.807, 2.05) is 11.6 Å². The van der Waals surface area contributed by atoms with Crippen LogP contribution in [0.3, 0.4) is 0 Å². The Morgan fingerprint density at radius 3 is 2.50 bits per heavy atom. The van der Waals surface area contributed by atoms with Crippen LogP contribution in [0.5, 0.6) is 0 Å². The Morgan fingerprint density at radius 2 is 1.94 bits per heavy atom. The van der Waals surface area contributed by atoms with Gasteiger partial charge in [-0.05, 0) is 45.2 Å². The van der Waals surface area contributed by atoms with Gasteiger partial charge in [0.15, 0.2) is 0 Å². The van der Waals surface area contributed by atoms with Crippen LogP contribution in [0.25, 0.3) is 0 Å². The van der Waals surface area contributed by atoms with E-state index in [0.717, 1.165) is 36.8 Å². The maximum atomic E-state index is 6.32. The Hall–Kier alpha value is -0.540. The van der Waals surface area contributed by atoms with Crippen molar-refractivity contribution in [1.82, 2.24) is 15.1 Å². The van der Waals surface area contributed by atoms with Crippen LogP contribution in [0.1, 0.15) is 39.1 Å². The number of rotatable bonds is 7. The molecule has 0 aliphatic carbocycles. The van der Waals surface area contributed by atoms with Gasteiger partial charge in [0.2, 0.25) is 0 Å². The molecule has 104 valence electrons. The summed E-state index contributed by atoms with van der Waals surface area (Å²) in [6, 6.07) is 0. The minimum atomic E-state index is 0.572.